The first-order chi connectivity index (χ1) is 12.9. The Morgan fingerprint density at radius 3 is 2.92 bits per heavy atom. The van der Waals surface area contributed by atoms with E-state index in [0.717, 1.165) is 37.8 Å². The quantitative estimate of drug-likeness (QED) is 0.385. The van der Waals surface area contributed by atoms with Crippen LogP contribution in [0.3, 0.4) is 0 Å². The Labute approximate surface area is 146 Å². The van der Waals surface area contributed by atoms with Crippen molar-refractivity contribution in [2.75, 3.05) is 0 Å². The first kappa shape index (κ1) is 10.9. The minimum atomic E-state index is -2.26. The van der Waals surface area contributed by atoms with Crippen molar-refractivity contribution in [2.45, 2.75) is 13.8 Å². The van der Waals surface area contributed by atoms with E-state index < -0.39 is 6.85 Å². The van der Waals surface area contributed by atoms with E-state index in [0.29, 0.717) is 11.3 Å². The van der Waals surface area contributed by atoms with Crippen LogP contribution in [0.25, 0.3) is 43.5 Å². The van der Waals surface area contributed by atoms with Crippen LogP contribution in [0.2, 0.25) is 0 Å². The molecule has 116 valence electrons. The minimum absolute atomic E-state index is 0.0315. The number of para-hydroxylation sites is 1. The maximum atomic E-state index is 7.56. The van der Waals surface area contributed by atoms with Crippen molar-refractivity contribution in [3.05, 3.63) is 59.1 Å². The van der Waals surface area contributed by atoms with Gasteiger partial charge in [-0.1, -0.05) is 12.1 Å². The Morgan fingerprint density at radius 1 is 1.04 bits per heavy atom. The van der Waals surface area contributed by atoms with Gasteiger partial charge in [0.05, 0.1) is 15.9 Å². The van der Waals surface area contributed by atoms with Gasteiger partial charge in [-0.25, -0.2) is 9.97 Å². The molecule has 0 atom stereocenters. The van der Waals surface area contributed by atoms with Crippen LogP contribution in [-0.4, -0.2) is 9.97 Å². The smallest absolute Gasteiger partial charge is 0.227 e. The molecule has 0 saturated heterocycles. The predicted molar refractivity (Wildman–Crippen MR) is 99.6 cm³/mol. The van der Waals surface area contributed by atoms with Gasteiger partial charge in [0.1, 0.15) is 5.58 Å². The van der Waals surface area contributed by atoms with Gasteiger partial charge in [-0.15, -0.1) is 11.3 Å². The van der Waals surface area contributed by atoms with E-state index >= 15 is 0 Å². The first-order valence-corrected chi connectivity index (χ1v) is 8.48. The van der Waals surface area contributed by atoms with Crippen LogP contribution in [0, 0.1) is 13.8 Å². The summed E-state index contributed by atoms with van der Waals surface area (Å²) >= 11 is 1.68. The summed E-state index contributed by atoms with van der Waals surface area (Å²) in [6.07, 6.45) is 0. The van der Waals surface area contributed by atoms with Crippen molar-refractivity contribution in [2.24, 2.45) is 0 Å². The van der Waals surface area contributed by atoms with E-state index in [4.69, 9.17) is 13.5 Å². The third-order valence-electron chi connectivity index (χ3n) is 4.23. The number of rotatable bonds is 1. The van der Waals surface area contributed by atoms with E-state index in [-0.39, 0.29) is 5.69 Å². The Kier molecular flexibility index (Phi) is 2.23. The number of pyridine rings is 2. The fourth-order valence-electron chi connectivity index (χ4n) is 3.06. The molecule has 0 aliphatic heterocycles. The summed E-state index contributed by atoms with van der Waals surface area (Å²) in [6, 6.07) is 13.2. The highest BCUT2D eigenvalue weighted by molar-refractivity contribution is 7.17. The highest BCUT2D eigenvalue weighted by Gasteiger charge is 2.14. The van der Waals surface area contributed by atoms with Crippen molar-refractivity contribution >= 4 is 43.6 Å². The highest BCUT2D eigenvalue weighted by atomic mass is 32.1. The van der Waals surface area contributed by atoms with E-state index in [9.17, 15) is 0 Å². The number of fused-ring (bicyclic) bond motifs is 4. The molecule has 0 aliphatic carbocycles. The van der Waals surface area contributed by atoms with Gasteiger partial charge in [0.25, 0.3) is 0 Å². The molecule has 0 unspecified atom stereocenters. The number of hydrogen-bond donors (Lipinski definition) is 0. The largest absolute Gasteiger partial charge is 0.437 e. The summed E-state index contributed by atoms with van der Waals surface area (Å²) in [7, 11) is 0. The van der Waals surface area contributed by atoms with Crippen LogP contribution < -0.4 is 0 Å². The summed E-state index contributed by atoms with van der Waals surface area (Å²) < 4.78 is 29.8. The second-order valence-electron chi connectivity index (χ2n) is 5.80. The van der Waals surface area contributed by atoms with Crippen LogP contribution in [0.4, 0.5) is 0 Å². The SMILES string of the molecule is [2H]C([2H])([2H])c1ccc2c(n1)oc1c(-c3ccc4scc(C)c4n3)cccc12. The molecule has 0 spiro atoms. The summed E-state index contributed by atoms with van der Waals surface area (Å²) in [4.78, 5) is 9.05. The number of benzene rings is 1. The van der Waals surface area contributed by atoms with Crippen LogP contribution in [0.1, 0.15) is 15.4 Å². The number of aromatic nitrogens is 2. The van der Waals surface area contributed by atoms with Gasteiger partial charge >= 0.3 is 0 Å². The molecule has 1 aromatic carbocycles. The lowest BCUT2D eigenvalue weighted by molar-refractivity contribution is 0.653. The van der Waals surface area contributed by atoms with E-state index in [2.05, 4.69) is 23.4 Å². The average molecular weight is 333 g/mol. The maximum absolute atomic E-state index is 7.56. The Bertz CT molecular complexity index is 1330. The monoisotopic (exact) mass is 333 g/mol. The Balaban J connectivity index is 1.77. The topological polar surface area (TPSA) is 38.9 Å². The third-order valence-corrected chi connectivity index (χ3v) is 5.29. The van der Waals surface area contributed by atoms with Crippen LogP contribution >= 0.6 is 11.3 Å². The normalized spacial score (nSPS) is 14.1. The number of furan rings is 1. The van der Waals surface area contributed by atoms with E-state index in [1.54, 1.807) is 17.4 Å². The summed E-state index contributed by atoms with van der Waals surface area (Å²) in [5.41, 5.74) is 4.87. The molecule has 4 heteroatoms. The zero-order valence-electron chi connectivity index (χ0n) is 15.8. The molecule has 0 saturated carbocycles. The molecule has 5 rings (SSSR count). The van der Waals surface area contributed by atoms with Gasteiger partial charge in [0.2, 0.25) is 5.71 Å². The average Bonchev–Trinajstić information content (AvgIpc) is 3.20. The van der Waals surface area contributed by atoms with Crippen molar-refractivity contribution in [3.8, 4) is 11.3 Å². The molecule has 0 radical (unpaired) electrons. The number of aryl methyl sites for hydroxylation is 2. The minimum Gasteiger partial charge on any atom is -0.437 e. The molecule has 0 fully saturated rings. The molecule has 0 amide bonds. The molecular weight excluding hydrogens is 316 g/mol. The van der Waals surface area contributed by atoms with Crippen LogP contribution in [0.5, 0.6) is 0 Å². The highest BCUT2D eigenvalue weighted by Crippen LogP contribution is 2.35. The summed E-state index contributed by atoms with van der Waals surface area (Å²) in [5.74, 6) is 0. The zero-order chi connectivity index (χ0) is 18.8. The molecule has 0 N–H and O–H groups in total. The molecule has 24 heavy (non-hydrogen) atoms. The molecule has 0 bridgehead atoms. The Morgan fingerprint density at radius 2 is 2.00 bits per heavy atom. The fourth-order valence-corrected chi connectivity index (χ4v) is 3.94. The summed E-state index contributed by atoms with van der Waals surface area (Å²) in [5, 5.41) is 3.80. The number of nitrogens with zero attached hydrogens (tertiary/aromatic N) is 2. The maximum Gasteiger partial charge on any atom is 0.227 e. The lowest BCUT2D eigenvalue weighted by Crippen LogP contribution is -1.85. The fraction of sp³-hybridized carbons (Fsp3) is 0.100. The standard InChI is InChI=1S/C20H14N2OS/c1-11-10-24-17-9-8-16(22-18(11)17)15-5-3-4-13-14-7-6-12(2)21-20(14)23-19(13)15/h3-10H,1-2H3/i2D3. The van der Waals surface area contributed by atoms with E-state index in [1.165, 1.54) is 6.07 Å². The number of thiophene rings is 1. The molecule has 0 aliphatic rings. The molecule has 3 nitrogen and oxygen atoms in total. The van der Waals surface area contributed by atoms with Gasteiger partial charge in [-0.3, -0.25) is 0 Å². The van der Waals surface area contributed by atoms with Gasteiger partial charge in [-0.05, 0) is 55.1 Å². The molecule has 4 aromatic heterocycles. The van der Waals surface area contributed by atoms with Gasteiger partial charge < -0.3 is 4.42 Å². The third kappa shape index (κ3) is 1.90. The first-order valence-electron chi connectivity index (χ1n) is 9.10. The molecule has 4 heterocycles. The van der Waals surface area contributed by atoms with Crippen LogP contribution in [0.15, 0.2) is 52.3 Å². The second-order valence-corrected chi connectivity index (χ2v) is 6.71. The van der Waals surface area contributed by atoms with Gasteiger partial charge in [0.15, 0.2) is 0 Å². The van der Waals surface area contributed by atoms with Crippen molar-refractivity contribution < 1.29 is 8.53 Å². The Hall–Kier alpha value is -2.72. The molecule has 5 aromatic rings. The predicted octanol–water partition coefficient (Wildman–Crippen LogP) is 5.87. The lowest BCUT2D eigenvalue weighted by Gasteiger charge is -2.02. The van der Waals surface area contributed by atoms with Crippen molar-refractivity contribution in [1.29, 1.82) is 0 Å². The van der Waals surface area contributed by atoms with Gasteiger partial charge in [0, 0.05) is 26.1 Å². The van der Waals surface area contributed by atoms with E-state index in [1.807, 2.05) is 24.3 Å². The lowest BCUT2D eigenvalue weighted by atomic mass is 10.1. The number of hydrogen-bond acceptors (Lipinski definition) is 4. The van der Waals surface area contributed by atoms with Crippen molar-refractivity contribution in [1.82, 2.24) is 9.97 Å². The van der Waals surface area contributed by atoms with Crippen LogP contribution in [-0.2, 0) is 0 Å². The summed E-state index contributed by atoms with van der Waals surface area (Å²) in [6.45, 7) is -0.212. The molecular formula is C20H14N2OS. The van der Waals surface area contributed by atoms with Crippen molar-refractivity contribution in [3.63, 3.8) is 0 Å². The van der Waals surface area contributed by atoms with Gasteiger partial charge in [-0.2, -0.15) is 0 Å². The second kappa shape index (κ2) is 4.89. The zero-order valence-corrected chi connectivity index (χ0v) is 13.6.